The van der Waals surface area contributed by atoms with Crippen LogP contribution in [-0.4, -0.2) is 75.5 Å². The topological polar surface area (TPSA) is 102 Å². The number of rotatable bonds is 37. The number of quaternary nitrogens is 1. The number of hydrogen-bond acceptors (Lipinski definition) is 7. The highest BCUT2D eigenvalue weighted by Gasteiger charge is 2.25. The number of ether oxygens (including phenoxy) is 3. The van der Waals surface area contributed by atoms with E-state index in [4.69, 9.17) is 14.2 Å². The van der Waals surface area contributed by atoms with Crippen LogP contribution in [0, 0.1) is 0 Å². The first-order chi connectivity index (χ1) is 25.6. The lowest BCUT2D eigenvalue weighted by molar-refractivity contribution is -0.889. The van der Waals surface area contributed by atoms with Crippen LogP contribution in [0.25, 0.3) is 0 Å². The fraction of sp³-hybridized carbons (Fsp3) is 0.756. The molecule has 306 valence electrons. The van der Waals surface area contributed by atoms with E-state index >= 15 is 0 Å². The van der Waals surface area contributed by atoms with E-state index in [1.54, 1.807) is 21.1 Å². The highest BCUT2D eigenvalue weighted by Crippen LogP contribution is 2.13. The first-order valence-corrected chi connectivity index (χ1v) is 21.2. The summed E-state index contributed by atoms with van der Waals surface area (Å²) in [6.07, 6.45) is 41.3. The highest BCUT2D eigenvalue weighted by atomic mass is 16.6. The predicted molar refractivity (Wildman–Crippen MR) is 217 cm³/mol. The predicted octanol–water partition coefficient (Wildman–Crippen LogP) is 9.91. The fourth-order valence-electron chi connectivity index (χ4n) is 5.90. The first-order valence-electron chi connectivity index (χ1n) is 21.2. The van der Waals surface area contributed by atoms with Gasteiger partial charge in [-0.1, -0.05) is 127 Å². The first kappa shape index (κ1) is 50.3. The van der Waals surface area contributed by atoms with Gasteiger partial charge in [0, 0.05) is 19.3 Å². The van der Waals surface area contributed by atoms with Crippen LogP contribution in [0.5, 0.6) is 0 Å². The summed E-state index contributed by atoms with van der Waals surface area (Å²) in [5.74, 6) is -1.77. The molecule has 0 radical (unpaired) electrons. The molecule has 2 atom stereocenters. The van der Waals surface area contributed by atoms with Gasteiger partial charge in [0.15, 0.2) is 6.10 Å². The number of carbonyl (C=O) groups excluding carboxylic acids is 3. The molecule has 8 heteroatoms. The number of hydrogen-bond donors (Lipinski definition) is 0. The van der Waals surface area contributed by atoms with Crippen LogP contribution in [0.3, 0.4) is 0 Å². The summed E-state index contributed by atoms with van der Waals surface area (Å²) in [7, 11) is 5.39. The van der Waals surface area contributed by atoms with Crippen molar-refractivity contribution in [2.75, 3.05) is 41.0 Å². The molecule has 0 fully saturated rings. The van der Waals surface area contributed by atoms with Gasteiger partial charge >= 0.3 is 11.9 Å². The molecule has 0 aliphatic heterocycles. The zero-order chi connectivity index (χ0) is 39.3. The molecule has 0 amide bonds. The molecule has 0 spiro atoms. The van der Waals surface area contributed by atoms with E-state index in [1.165, 1.54) is 51.4 Å². The maximum Gasteiger partial charge on any atom is 0.306 e. The van der Waals surface area contributed by atoms with Crippen molar-refractivity contribution >= 4 is 17.9 Å². The molecule has 53 heavy (non-hydrogen) atoms. The van der Waals surface area contributed by atoms with Crippen LogP contribution in [0.2, 0.25) is 0 Å². The Kier molecular flexibility index (Phi) is 34.4. The molecule has 0 aliphatic carbocycles. The number of esters is 2. The van der Waals surface area contributed by atoms with Gasteiger partial charge in [0.05, 0.1) is 40.3 Å². The monoisotopic (exact) mass is 746 g/mol. The molecule has 0 aromatic rings. The minimum Gasteiger partial charge on any atom is -0.544 e. The van der Waals surface area contributed by atoms with Crippen molar-refractivity contribution in [3.05, 3.63) is 48.6 Å². The summed E-state index contributed by atoms with van der Waals surface area (Å²) in [6.45, 7) is 4.49. The molecular weight excluding hydrogens is 666 g/mol. The van der Waals surface area contributed by atoms with Crippen LogP contribution in [0.4, 0.5) is 0 Å². The highest BCUT2D eigenvalue weighted by molar-refractivity contribution is 5.70. The molecule has 0 heterocycles. The number of aliphatic carboxylic acids is 1. The van der Waals surface area contributed by atoms with Crippen LogP contribution < -0.4 is 5.11 Å². The lowest BCUT2D eigenvalue weighted by atomic mass is 10.1. The molecule has 0 aliphatic rings. The van der Waals surface area contributed by atoms with Crippen molar-refractivity contribution in [2.24, 2.45) is 0 Å². The number of carbonyl (C=O) groups is 3. The molecule has 8 nitrogen and oxygen atoms in total. The van der Waals surface area contributed by atoms with Crippen LogP contribution >= 0.6 is 0 Å². The zero-order valence-corrected chi connectivity index (χ0v) is 34.7. The zero-order valence-electron chi connectivity index (χ0n) is 34.7. The van der Waals surface area contributed by atoms with Gasteiger partial charge in [0.25, 0.3) is 0 Å². The number of allylic oxidation sites excluding steroid dienone is 8. The summed E-state index contributed by atoms with van der Waals surface area (Å²) in [5.41, 5.74) is 0. The minimum atomic E-state index is -1.13. The molecule has 0 rings (SSSR count). The van der Waals surface area contributed by atoms with Crippen molar-refractivity contribution in [1.29, 1.82) is 0 Å². The molecule has 0 saturated heterocycles. The van der Waals surface area contributed by atoms with Gasteiger partial charge in [-0.25, -0.2) is 0 Å². The average Bonchev–Trinajstić information content (AvgIpc) is 3.11. The van der Waals surface area contributed by atoms with Crippen molar-refractivity contribution < 1.29 is 38.2 Å². The van der Waals surface area contributed by atoms with Gasteiger partial charge in [-0.05, 0) is 70.6 Å². The molecule has 0 bridgehead atoms. The van der Waals surface area contributed by atoms with Gasteiger partial charge in [0.1, 0.15) is 12.6 Å². The summed E-state index contributed by atoms with van der Waals surface area (Å²) in [5, 5.41) is 11.6. The third kappa shape index (κ3) is 34.8. The molecule has 2 unspecified atom stereocenters. The lowest BCUT2D eigenvalue weighted by Crippen LogP contribution is -2.55. The Morgan fingerprint density at radius 1 is 0.585 bits per heavy atom. The van der Waals surface area contributed by atoms with Crippen molar-refractivity contribution in [2.45, 2.75) is 180 Å². The Hall–Kier alpha value is -2.71. The van der Waals surface area contributed by atoms with E-state index in [9.17, 15) is 19.5 Å². The van der Waals surface area contributed by atoms with Gasteiger partial charge in [-0.3, -0.25) is 9.59 Å². The Labute approximate surface area is 325 Å². The second-order valence-corrected chi connectivity index (χ2v) is 15.2. The third-order valence-corrected chi connectivity index (χ3v) is 9.20. The van der Waals surface area contributed by atoms with E-state index < -0.39 is 18.1 Å². The quantitative estimate of drug-likeness (QED) is 0.0270. The molecule has 0 saturated carbocycles. The van der Waals surface area contributed by atoms with Crippen molar-refractivity contribution in [1.82, 2.24) is 0 Å². The Morgan fingerprint density at radius 3 is 1.55 bits per heavy atom. The average molecular weight is 746 g/mol. The second kappa shape index (κ2) is 36.3. The third-order valence-electron chi connectivity index (χ3n) is 9.20. The summed E-state index contributed by atoms with van der Waals surface area (Å²) in [6, 6.07) is -0.729. The van der Waals surface area contributed by atoms with Crippen LogP contribution in [0.1, 0.15) is 168 Å². The SMILES string of the molecule is CC/C=C/C/C=C/CCCCCCCC(=O)OC(COCCC(C(=O)[O-])[N+](C)(C)C)COC(=O)CCCCCCCCC/C=C/C/C=C/CCCCC. The summed E-state index contributed by atoms with van der Waals surface area (Å²) >= 11 is 0. The van der Waals surface area contributed by atoms with Crippen molar-refractivity contribution in [3.63, 3.8) is 0 Å². The fourth-order valence-corrected chi connectivity index (χ4v) is 5.90. The van der Waals surface area contributed by atoms with E-state index in [-0.39, 0.29) is 42.7 Å². The van der Waals surface area contributed by atoms with E-state index in [0.717, 1.165) is 83.5 Å². The molecule has 0 N–H and O–H groups in total. The van der Waals surface area contributed by atoms with Gasteiger partial charge < -0.3 is 28.6 Å². The van der Waals surface area contributed by atoms with E-state index in [2.05, 4.69) is 62.5 Å². The van der Waals surface area contributed by atoms with Gasteiger partial charge in [-0.15, -0.1) is 0 Å². The second-order valence-electron chi connectivity index (χ2n) is 15.2. The van der Waals surface area contributed by atoms with Crippen molar-refractivity contribution in [3.8, 4) is 0 Å². The van der Waals surface area contributed by atoms with E-state index in [0.29, 0.717) is 12.8 Å². The molecular formula is C45H79NO7. The number of carboxylic acids is 1. The number of nitrogens with zero attached hydrogens (tertiary/aromatic N) is 1. The standard InChI is InChI=1S/C45H79NO7/c1-6-8-10-12-14-16-18-20-21-22-23-24-26-27-29-31-33-35-43(47)52-40-41(39-51-38-37-42(45(49)50)46(3,4)5)53-44(48)36-34-32-30-28-25-19-17-15-13-11-9-7-2/h9,11,14-17,20-21,41-42H,6-8,10,12-13,18-19,22-40H2,1-5H3/b11-9+,16-14+,17-15+,21-20+. The number of carboxylic acid groups (broad SMARTS) is 1. The summed E-state index contributed by atoms with van der Waals surface area (Å²) < 4.78 is 17.1. The Morgan fingerprint density at radius 2 is 1.06 bits per heavy atom. The smallest absolute Gasteiger partial charge is 0.306 e. The van der Waals surface area contributed by atoms with E-state index in [1.807, 2.05) is 0 Å². The maximum atomic E-state index is 12.7. The molecule has 0 aromatic heterocycles. The lowest BCUT2D eigenvalue weighted by Gasteiger charge is -2.34. The largest absolute Gasteiger partial charge is 0.544 e. The Balaban J connectivity index is 4.37. The minimum absolute atomic E-state index is 0.0314. The van der Waals surface area contributed by atoms with Crippen LogP contribution in [0.15, 0.2) is 48.6 Å². The number of unbranched alkanes of at least 4 members (excludes halogenated alkanes) is 15. The normalized spacial score (nSPS) is 13.5. The van der Waals surface area contributed by atoms with Crippen LogP contribution in [-0.2, 0) is 28.6 Å². The summed E-state index contributed by atoms with van der Waals surface area (Å²) in [4.78, 5) is 36.8. The Bertz CT molecular complexity index is 1010. The number of likely N-dealkylation sites (N-methyl/N-ethyl adjacent to an activating group) is 1. The maximum absolute atomic E-state index is 12.7. The van der Waals surface area contributed by atoms with Gasteiger partial charge in [0.2, 0.25) is 0 Å². The molecule has 0 aromatic carbocycles. The van der Waals surface area contributed by atoms with Gasteiger partial charge in [-0.2, -0.15) is 0 Å².